The van der Waals surface area contributed by atoms with Crippen LogP contribution in [0, 0.1) is 13.8 Å². The second-order valence-electron chi connectivity index (χ2n) is 8.40. The molecule has 4 heteroatoms. The van der Waals surface area contributed by atoms with E-state index in [9.17, 15) is 0 Å². The summed E-state index contributed by atoms with van der Waals surface area (Å²) in [5.74, 6) is 0.650. The van der Waals surface area contributed by atoms with Crippen molar-refractivity contribution < 1.29 is 14.2 Å². The number of hydrogen-bond donors (Lipinski definition) is 0. The van der Waals surface area contributed by atoms with Crippen molar-refractivity contribution in [3.8, 4) is 0 Å². The molecule has 0 unspecified atom stereocenters. The van der Waals surface area contributed by atoms with E-state index >= 15 is 0 Å². The van der Waals surface area contributed by atoms with Crippen LogP contribution in [-0.4, -0.2) is 31.8 Å². The highest BCUT2D eigenvalue weighted by atomic mass is 16.6. The van der Waals surface area contributed by atoms with Crippen molar-refractivity contribution in [1.82, 2.24) is 0 Å². The van der Waals surface area contributed by atoms with Gasteiger partial charge < -0.3 is 14.2 Å². The zero-order chi connectivity index (χ0) is 21.4. The van der Waals surface area contributed by atoms with Crippen molar-refractivity contribution in [1.29, 1.82) is 0 Å². The van der Waals surface area contributed by atoms with Gasteiger partial charge in [0.05, 0.1) is 6.61 Å². The molecule has 31 heavy (non-hydrogen) atoms. The van der Waals surface area contributed by atoms with Crippen LogP contribution in [-0.2, 0) is 19.8 Å². The molecule has 0 aliphatic carbocycles. The Labute approximate surface area is 183 Å². The Hall–Kier alpha value is -2.95. The summed E-state index contributed by atoms with van der Waals surface area (Å²) in [6.45, 7) is 4.69. The molecule has 0 radical (unpaired) electrons. The zero-order valence-corrected chi connectivity index (χ0v) is 18.1. The van der Waals surface area contributed by atoms with Crippen molar-refractivity contribution in [3.63, 3.8) is 0 Å². The molecule has 3 aromatic rings. The van der Waals surface area contributed by atoms with E-state index in [0.29, 0.717) is 12.5 Å². The monoisotopic (exact) mass is 413 g/mol. The average Bonchev–Trinajstić information content (AvgIpc) is 3.41. The Morgan fingerprint density at radius 2 is 1.42 bits per heavy atom. The van der Waals surface area contributed by atoms with Crippen LogP contribution in [0.1, 0.15) is 33.9 Å². The molecule has 2 aliphatic rings. The zero-order valence-electron chi connectivity index (χ0n) is 18.1. The molecule has 3 atom stereocenters. The van der Waals surface area contributed by atoms with Crippen molar-refractivity contribution >= 4 is 5.90 Å². The van der Waals surface area contributed by atoms with Crippen molar-refractivity contribution in [2.45, 2.75) is 37.7 Å². The lowest BCUT2D eigenvalue weighted by atomic mass is 9.87. The highest BCUT2D eigenvalue weighted by Crippen LogP contribution is 2.54. The van der Waals surface area contributed by atoms with Gasteiger partial charge in [0.2, 0.25) is 5.90 Å². The van der Waals surface area contributed by atoms with Crippen molar-refractivity contribution in [2.24, 2.45) is 4.99 Å². The Morgan fingerprint density at radius 3 is 1.97 bits per heavy atom. The molecule has 0 amide bonds. The average molecular weight is 414 g/mol. The predicted molar refractivity (Wildman–Crippen MR) is 121 cm³/mol. The van der Waals surface area contributed by atoms with Gasteiger partial charge in [-0.3, -0.25) is 0 Å². The maximum absolute atomic E-state index is 6.45. The smallest absolute Gasteiger partial charge is 0.218 e. The van der Waals surface area contributed by atoms with E-state index < -0.39 is 5.60 Å². The minimum atomic E-state index is -0.580. The Bertz CT molecular complexity index is 1030. The number of rotatable bonds is 6. The molecular formula is C27H27NO3. The third-order valence-electron chi connectivity index (χ3n) is 6.16. The third-order valence-corrected chi connectivity index (χ3v) is 6.16. The van der Waals surface area contributed by atoms with Gasteiger partial charge >= 0.3 is 0 Å². The maximum Gasteiger partial charge on any atom is 0.218 e. The molecule has 3 aromatic carbocycles. The van der Waals surface area contributed by atoms with Gasteiger partial charge in [0.15, 0.2) is 11.7 Å². The minimum absolute atomic E-state index is 0.0969. The minimum Gasteiger partial charge on any atom is -0.468 e. The largest absolute Gasteiger partial charge is 0.468 e. The quantitative estimate of drug-likeness (QED) is 0.526. The van der Waals surface area contributed by atoms with Gasteiger partial charge in [0, 0.05) is 7.11 Å². The van der Waals surface area contributed by atoms with Gasteiger partial charge in [-0.2, -0.15) is 0 Å². The molecule has 0 aromatic heterocycles. The fraction of sp³-hybridized carbons (Fsp3) is 0.296. The van der Waals surface area contributed by atoms with Crippen molar-refractivity contribution in [2.75, 3.05) is 13.7 Å². The summed E-state index contributed by atoms with van der Waals surface area (Å²) in [4.78, 5) is 4.92. The molecule has 0 N–H and O–H groups in total. The van der Waals surface area contributed by atoms with E-state index in [1.807, 2.05) is 18.2 Å². The lowest BCUT2D eigenvalue weighted by Crippen LogP contribution is -2.22. The summed E-state index contributed by atoms with van der Waals surface area (Å²) in [5.41, 5.74) is 5.19. The predicted octanol–water partition coefficient (Wildman–Crippen LogP) is 5.13. The van der Waals surface area contributed by atoms with Gasteiger partial charge in [-0.05, 0) is 30.5 Å². The van der Waals surface area contributed by atoms with E-state index in [0.717, 1.165) is 16.7 Å². The second kappa shape index (κ2) is 7.95. The van der Waals surface area contributed by atoms with E-state index in [1.165, 1.54) is 11.1 Å². The highest BCUT2D eigenvalue weighted by molar-refractivity contribution is 5.88. The molecule has 0 spiro atoms. The molecule has 5 rings (SSSR count). The summed E-state index contributed by atoms with van der Waals surface area (Å²) in [6.07, 6.45) is -0.430. The Kier molecular flexibility index (Phi) is 5.12. The summed E-state index contributed by atoms with van der Waals surface area (Å²) < 4.78 is 18.3. The van der Waals surface area contributed by atoms with E-state index in [4.69, 9.17) is 19.2 Å². The molecule has 0 bridgehead atoms. The van der Waals surface area contributed by atoms with E-state index in [1.54, 1.807) is 7.11 Å². The number of aliphatic imine (C=N–C) groups is 1. The molecule has 1 saturated heterocycles. The molecule has 2 aliphatic heterocycles. The van der Waals surface area contributed by atoms with Crippen LogP contribution in [0.25, 0.3) is 0 Å². The Morgan fingerprint density at radius 1 is 0.839 bits per heavy atom. The van der Waals surface area contributed by atoms with Crippen LogP contribution in [0.3, 0.4) is 0 Å². The number of benzene rings is 3. The van der Waals surface area contributed by atoms with E-state index in [2.05, 4.69) is 74.5 Å². The van der Waals surface area contributed by atoms with Crippen LogP contribution in [0.5, 0.6) is 0 Å². The molecule has 1 fully saturated rings. The van der Waals surface area contributed by atoms with E-state index in [-0.39, 0.29) is 18.2 Å². The summed E-state index contributed by atoms with van der Waals surface area (Å²) in [7, 11) is 1.70. The highest BCUT2D eigenvalue weighted by Gasteiger charge is 2.64. The maximum atomic E-state index is 6.45. The van der Waals surface area contributed by atoms with Gasteiger partial charge in [-0.25, -0.2) is 4.99 Å². The first-order chi connectivity index (χ1) is 15.1. The fourth-order valence-electron chi connectivity index (χ4n) is 4.41. The topological polar surface area (TPSA) is 43.3 Å². The molecule has 158 valence electrons. The van der Waals surface area contributed by atoms with Gasteiger partial charge in [-0.1, -0.05) is 90.0 Å². The lowest BCUT2D eigenvalue weighted by Gasteiger charge is -2.18. The third kappa shape index (κ3) is 3.56. The normalized spacial score (nSPS) is 23.8. The first-order valence-corrected chi connectivity index (χ1v) is 10.7. The summed E-state index contributed by atoms with van der Waals surface area (Å²) in [6, 6.07) is 27.2. The number of methoxy groups -OCH3 is 1. The molecule has 0 saturated carbocycles. The lowest BCUT2D eigenvalue weighted by molar-refractivity contribution is 0.118. The van der Waals surface area contributed by atoms with Crippen LogP contribution in [0.4, 0.5) is 0 Å². The number of nitrogens with zero attached hydrogens (tertiary/aromatic N) is 1. The van der Waals surface area contributed by atoms with Crippen molar-refractivity contribution in [3.05, 3.63) is 107 Å². The van der Waals surface area contributed by atoms with Gasteiger partial charge in [0.25, 0.3) is 0 Å². The molecule has 2 heterocycles. The first-order valence-electron chi connectivity index (χ1n) is 10.7. The SMILES string of the molecule is COC[C@@H]1N=C([C@@H]2OC2(c2ccc(C)cc2)c2ccc(C)cc2)O[C@H]1c1ccccc1. The summed E-state index contributed by atoms with van der Waals surface area (Å²) in [5, 5.41) is 0. The summed E-state index contributed by atoms with van der Waals surface area (Å²) >= 11 is 0. The first kappa shape index (κ1) is 20.0. The van der Waals surface area contributed by atoms with Crippen LogP contribution in [0.2, 0.25) is 0 Å². The second-order valence-corrected chi connectivity index (χ2v) is 8.40. The molecule has 4 nitrogen and oxygen atoms in total. The number of epoxide rings is 1. The van der Waals surface area contributed by atoms with Crippen LogP contribution < -0.4 is 0 Å². The van der Waals surface area contributed by atoms with Crippen LogP contribution >= 0.6 is 0 Å². The fourth-order valence-corrected chi connectivity index (χ4v) is 4.41. The standard InChI is InChI=1S/C27H27NO3/c1-18-9-13-21(14-10-18)27(22-15-11-19(2)12-16-22)25(31-27)26-28-23(17-29-3)24(30-26)20-7-5-4-6-8-20/h4-16,23-25H,17H2,1-3H3/t23-,24-,25-/m0/s1. The number of hydrogen-bond acceptors (Lipinski definition) is 4. The number of ether oxygens (including phenoxy) is 3. The van der Waals surface area contributed by atoms with Gasteiger partial charge in [-0.15, -0.1) is 0 Å². The number of aryl methyl sites for hydroxylation is 2. The molecular weight excluding hydrogens is 386 g/mol. The van der Waals surface area contributed by atoms with Gasteiger partial charge in [0.1, 0.15) is 12.1 Å². The van der Waals surface area contributed by atoms with Crippen LogP contribution in [0.15, 0.2) is 83.9 Å². The Balaban J connectivity index is 1.51.